The van der Waals surface area contributed by atoms with Crippen LogP contribution in [0, 0.1) is 5.92 Å². The van der Waals surface area contributed by atoms with Crippen LogP contribution in [0.1, 0.15) is 38.7 Å². The first kappa shape index (κ1) is 19.9. The number of hydrogen-bond donors (Lipinski definition) is 4. The van der Waals surface area contributed by atoms with Crippen molar-refractivity contribution < 1.29 is 15.0 Å². The Bertz CT molecular complexity index is 517. The third-order valence-corrected chi connectivity index (χ3v) is 4.31. The fourth-order valence-corrected chi connectivity index (χ4v) is 2.64. The zero-order valence-corrected chi connectivity index (χ0v) is 14.5. The van der Waals surface area contributed by atoms with Crippen molar-refractivity contribution in [2.75, 3.05) is 0 Å². The maximum absolute atomic E-state index is 11.6. The Morgan fingerprint density at radius 3 is 2.48 bits per heavy atom. The summed E-state index contributed by atoms with van der Waals surface area (Å²) in [6, 6.07) is 6.77. The van der Waals surface area contributed by atoms with Gasteiger partial charge in [-0.15, -0.1) is 0 Å². The van der Waals surface area contributed by atoms with Crippen molar-refractivity contribution in [3.05, 3.63) is 34.9 Å². The molecule has 0 saturated heterocycles. The molecule has 0 fully saturated rings. The van der Waals surface area contributed by atoms with Crippen molar-refractivity contribution in [2.45, 2.75) is 57.3 Å². The zero-order chi connectivity index (χ0) is 17.6. The lowest BCUT2D eigenvalue weighted by atomic mass is 9.88. The highest BCUT2D eigenvalue weighted by Crippen LogP contribution is 2.22. The van der Waals surface area contributed by atoms with Crippen LogP contribution in [0.25, 0.3) is 0 Å². The van der Waals surface area contributed by atoms with E-state index in [2.05, 4.69) is 0 Å². The van der Waals surface area contributed by atoms with E-state index in [1.807, 2.05) is 18.2 Å². The van der Waals surface area contributed by atoms with Crippen molar-refractivity contribution in [1.82, 2.24) is 0 Å². The van der Waals surface area contributed by atoms with Gasteiger partial charge in [0.15, 0.2) is 0 Å². The van der Waals surface area contributed by atoms with E-state index >= 15 is 0 Å². The van der Waals surface area contributed by atoms with Crippen LogP contribution in [0.5, 0.6) is 0 Å². The lowest BCUT2D eigenvalue weighted by Gasteiger charge is -2.25. The molecule has 1 aromatic rings. The van der Waals surface area contributed by atoms with Gasteiger partial charge >= 0.3 is 0 Å². The highest BCUT2D eigenvalue weighted by atomic mass is 35.5. The van der Waals surface area contributed by atoms with Crippen molar-refractivity contribution >= 4 is 17.5 Å². The van der Waals surface area contributed by atoms with Gasteiger partial charge < -0.3 is 21.7 Å². The smallest absolute Gasteiger partial charge is 0.220 e. The second-order valence-electron chi connectivity index (χ2n) is 6.71. The zero-order valence-electron chi connectivity index (χ0n) is 13.7. The van der Waals surface area contributed by atoms with Crippen molar-refractivity contribution in [3.8, 4) is 0 Å². The third-order valence-electron chi connectivity index (χ3n) is 3.94. The van der Waals surface area contributed by atoms with E-state index in [-0.39, 0.29) is 6.42 Å². The van der Waals surface area contributed by atoms with E-state index in [4.69, 9.17) is 23.1 Å². The average Bonchev–Trinajstić information content (AvgIpc) is 2.44. The molecule has 130 valence electrons. The molecule has 0 aliphatic carbocycles. The molecule has 0 radical (unpaired) electrons. The fourth-order valence-electron chi connectivity index (χ4n) is 2.42. The maximum atomic E-state index is 11.6. The molecule has 1 amide bonds. The van der Waals surface area contributed by atoms with Gasteiger partial charge in [-0.25, -0.2) is 0 Å². The summed E-state index contributed by atoms with van der Waals surface area (Å²) in [4.78, 5) is 11.6. The molecule has 0 aliphatic rings. The van der Waals surface area contributed by atoms with Crippen LogP contribution in [-0.2, 0) is 11.2 Å². The quantitative estimate of drug-likeness (QED) is 0.546. The lowest BCUT2D eigenvalue weighted by Crippen LogP contribution is -2.40. The van der Waals surface area contributed by atoms with Crippen LogP contribution in [0.2, 0.25) is 5.02 Å². The van der Waals surface area contributed by atoms with Crippen molar-refractivity contribution in [3.63, 3.8) is 0 Å². The molecule has 0 spiro atoms. The predicted molar refractivity (Wildman–Crippen MR) is 92.0 cm³/mol. The SMILES string of the molecule is CC(C)(O)CC[C@H](C[C@H](O)[C@@H](N)Cc1ccccc1Cl)C(N)=O. The molecule has 0 aliphatic heterocycles. The normalized spacial score (nSPS) is 15.9. The molecule has 6 N–H and O–H groups in total. The Morgan fingerprint density at radius 2 is 1.96 bits per heavy atom. The maximum Gasteiger partial charge on any atom is 0.220 e. The molecule has 1 aromatic carbocycles. The summed E-state index contributed by atoms with van der Waals surface area (Å²) >= 11 is 6.09. The standard InChI is InChI=1S/C17H27ClN2O3/c1-17(2,23)8-7-12(16(20)22)10-15(21)14(19)9-11-5-3-4-6-13(11)18/h3-6,12,14-15,21,23H,7-10,19H2,1-2H3,(H2,20,22)/t12-,14+,15+/m1/s1. The van der Waals surface area contributed by atoms with Crippen molar-refractivity contribution in [1.29, 1.82) is 0 Å². The molecule has 3 atom stereocenters. The van der Waals surface area contributed by atoms with Gasteiger partial charge in [0.2, 0.25) is 5.91 Å². The van der Waals surface area contributed by atoms with E-state index in [0.29, 0.717) is 24.3 Å². The number of rotatable bonds is 9. The Labute approximate surface area is 142 Å². The molecule has 0 heterocycles. The van der Waals surface area contributed by atoms with E-state index in [0.717, 1.165) is 5.56 Å². The van der Waals surface area contributed by atoms with Crippen LogP contribution in [0.3, 0.4) is 0 Å². The van der Waals surface area contributed by atoms with Gasteiger partial charge in [-0.1, -0.05) is 29.8 Å². The van der Waals surface area contributed by atoms with E-state index in [1.165, 1.54) is 0 Å². The fraction of sp³-hybridized carbons (Fsp3) is 0.588. The summed E-state index contributed by atoms with van der Waals surface area (Å²) in [5.41, 5.74) is 11.4. The average molecular weight is 343 g/mol. The molecule has 0 unspecified atom stereocenters. The Balaban J connectivity index is 2.62. The van der Waals surface area contributed by atoms with Crippen molar-refractivity contribution in [2.24, 2.45) is 17.4 Å². The second-order valence-corrected chi connectivity index (χ2v) is 7.12. The second kappa shape index (κ2) is 8.64. The third kappa shape index (κ3) is 7.31. The lowest BCUT2D eigenvalue weighted by molar-refractivity contribution is -0.123. The van der Waals surface area contributed by atoms with Gasteiger partial charge in [0, 0.05) is 17.0 Å². The molecule has 0 aromatic heterocycles. The summed E-state index contributed by atoms with van der Waals surface area (Å²) in [7, 11) is 0. The summed E-state index contributed by atoms with van der Waals surface area (Å²) < 4.78 is 0. The van der Waals surface area contributed by atoms with Gasteiger partial charge in [0.25, 0.3) is 0 Å². The minimum Gasteiger partial charge on any atom is -0.391 e. The van der Waals surface area contributed by atoms with Crippen LogP contribution < -0.4 is 11.5 Å². The van der Waals surface area contributed by atoms with Gasteiger partial charge in [-0.3, -0.25) is 4.79 Å². The molecule has 5 nitrogen and oxygen atoms in total. The highest BCUT2D eigenvalue weighted by Gasteiger charge is 2.26. The first-order valence-corrected chi connectivity index (χ1v) is 8.16. The number of nitrogens with two attached hydrogens (primary N) is 2. The summed E-state index contributed by atoms with van der Waals surface area (Å²) in [5, 5.41) is 20.6. The molecule has 1 rings (SSSR count). The molecular formula is C17H27ClN2O3. The van der Waals surface area contributed by atoms with Gasteiger partial charge in [0.05, 0.1) is 11.7 Å². The summed E-state index contributed by atoms with van der Waals surface area (Å²) in [6.07, 6.45) is 0.557. The van der Waals surface area contributed by atoms with E-state index in [9.17, 15) is 15.0 Å². The minimum absolute atomic E-state index is 0.178. The molecule has 6 heteroatoms. The molecular weight excluding hydrogens is 316 g/mol. The van der Waals surface area contributed by atoms with Gasteiger partial charge in [-0.2, -0.15) is 0 Å². The van der Waals surface area contributed by atoms with Crippen LogP contribution >= 0.6 is 11.6 Å². The highest BCUT2D eigenvalue weighted by molar-refractivity contribution is 6.31. The van der Waals surface area contributed by atoms with E-state index in [1.54, 1.807) is 19.9 Å². The topological polar surface area (TPSA) is 110 Å². The number of aliphatic hydroxyl groups excluding tert-OH is 1. The van der Waals surface area contributed by atoms with E-state index < -0.39 is 29.6 Å². The molecule has 23 heavy (non-hydrogen) atoms. The summed E-state index contributed by atoms with van der Waals surface area (Å²) in [5.74, 6) is -1.01. The number of aliphatic hydroxyl groups is 2. The predicted octanol–water partition coefficient (Wildman–Crippen LogP) is 1.61. The Kier molecular flexibility index (Phi) is 7.48. The first-order valence-electron chi connectivity index (χ1n) is 7.79. The number of amides is 1. The number of halogens is 1. The summed E-state index contributed by atoms with van der Waals surface area (Å²) in [6.45, 7) is 3.34. The molecule has 0 bridgehead atoms. The van der Waals surface area contributed by atoms with Gasteiger partial charge in [-0.05, 0) is 51.2 Å². The molecule has 0 saturated carbocycles. The largest absolute Gasteiger partial charge is 0.391 e. The monoisotopic (exact) mass is 342 g/mol. The Hall–Kier alpha value is -1.14. The minimum atomic E-state index is -0.877. The van der Waals surface area contributed by atoms with Crippen LogP contribution in [0.15, 0.2) is 24.3 Å². The van der Waals surface area contributed by atoms with Crippen LogP contribution in [-0.4, -0.2) is 33.9 Å². The number of carbonyl (C=O) groups is 1. The number of benzene rings is 1. The van der Waals surface area contributed by atoms with Gasteiger partial charge in [0.1, 0.15) is 0 Å². The van der Waals surface area contributed by atoms with Crippen LogP contribution in [0.4, 0.5) is 0 Å². The number of primary amides is 1. The number of hydrogen-bond acceptors (Lipinski definition) is 4. The Morgan fingerprint density at radius 1 is 1.35 bits per heavy atom. The number of carbonyl (C=O) groups excluding carboxylic acids is 1. The first-order chi connectivity index (χ1) is 10.6.